The predicted octanol–water partition coefficient (Wildman–Crippen LogP) is 3.45. The van der Waals surface area contributed by atoms with Gasteiger partial charge >= 0.3 is 11.9 Å². The van der Waals surface area contributed by atoms with Crippen molar-refractivity contribution in [1.29, 1.82) is 0 Å². The molecule has 134 valence electrons. The van der Waals surface area contributed by atoms with Crippen molar-refractivity contribution >= 4 is 17.5 Å². The van der Waals surface area contributed by atoms with Crippen LogP contribution in [0.4, 0.5) is 0 Å². The van der Waals surface area contributed by atoms with Crippen molar-refractivity contribution < 1.29 is 24.2 Å². The Bertz CT molecular complexity index is 826. The topological polar surface area (TPSA) is 72.8 Å². The van der Waals surface area contributed by atoms with Crippen molar-refractivity contribution in [2.45, 2.75) is 25.4 Å². The molecule has 1 heterocycles. The molecule has 0 radical (unpaired) electrons. The Kier molecular flexibility index (Phi) is 5.07. The van der Waals surface area contributed by atoms with Crippen molar-refractivity contribution in [1.82, 2.24) is 0 Å². The van der Waals surface area contributed by atoms with Crippen molar-refractivity contribution in [2.75, 3.05) is 6.61 Å². The molecule has 1 N–H and O–H groups in total. The van der Waals surface area contributed by atoms with Crippen molar-refractivity contribution in [2.24, 2.45) is 0 Å². The Morgan fingerprint density at radius 3 is 2.31 bits per heavy atom. The quantitative estimate of drug-likeness (QED) is 0.806. The van der Waals surface area contributed by atoms with Gasteiger partial charge in [-0.05, 0) is 17.5 Å². The van der Waals surface area contributed by atoms with Gasteiger partial charge in [0.1, 0.15) is 0 Å². The van der Waals surface area contributed by atoms with E-state index in [0.717, 1.165) is 5.56 Å². The van der Waals surface area contributed by atoms with Gasteiger partial charge in [0.2, 0.25) is 11.4 Å². The van der Waals surface area contributed by atoms with E-state index in [1.165, 1.54) is 0 Å². The zero-order chi connectivity index (χ0) is 18.6. The molecule has 5 heteroatoms. The molecule has 1 aliphatic rings. The Labute approximate surface area is 151 Å². The van der Waals surface area contributed by atoms with Gasteiger partial charge in [0.25, 0.3) is 0 Å². The molecule has 0 spiro atoms. The van der Waals surface area contributed by atoms with Crippen LogP contribution in [0.25, 0.3) is 5.57 Å². The van der Waals surface area contributed by atoms with E-state index in [1.54, 1.807) is 24.3 Å². The summed E-state index contributed by atoms with van der Waals surface area (Å²) in [6.45, 7) is 2.08. The van der Waals surface area contributed by atoms with E-state index in [0.29, 0.717) is 12.0 Å². The molecule has 5 nitrogen and oxygen atoms in total. The number of carbonyl (C=O) groups is 2. The van der Waals surface area contributed by atoms with Crippen LogP contribution in [0.1, 0.15) is 24.5 Å². The van der Waals surface area contributed by atoms with Crippen LogP contribution in [0.3, 0.4) is 0 Å². The summed E-state index contributed by atoms with van der Waals surface area (Å²) in [5.41, 5.74) is -0.232. The molecule has 0 aliphatic carbocycles. The lowest BCUT2D eigenvalue weighted by molar-refractivity contribution is -0.171. The van der Waals surface area contributed by atoms with Crippen molar-refractivity contribution in [3.63, 3.8) is 0 Å². The number of benzene rings is 2. The zero-order valence-electron chi connectivity index (χ0n) is 14.5. The van der Waals surface area contributed by atoms with Gasteiger partial charge < -0.3 is 14.6 Å². The second-order valence-electron chi connectivity index (χ2n) is 6.10. The third-order valence-electron chi connectivity index (χ3n) is 4.23. The maximum absolute atomic E-state index is 13.0. The van der Waals surface area contributed by atoms with Crippen LogP contribution in [-0.2, 0) is 25.5 Å². The third kappa shape index (κ3) is 3.20. The minimum Gasteiger partial charge on any atom is -0.502 e. The van der Waals surface area contributed by atoms with Crippen molar-refractivity contribution in [3.05, 3.63) is 77.5 Å². The maximum Gasteiger partial charge on any atom is 0.375 e. The molecular formula is C21H20O5. The van der Waals surface area contributed by atoms with Gasteiger partial charge in [-0.1, -0.05) is 67.6 Å². The fourth-order valence-corrected chi connectivity index (χ4v) is 3.06. The number of hydrogen-bond donors (Lipinski definition) is 1. The minimum atomic E-state index is -1.71. The summed E-state index contributed by atoms with van der Waals surface area (Å²) in [4.78, 5) is 25.2. The van der Waals surface area contributed by atoms with E-state index in [4.69, 9.17) is 9.47 Å². The number of hydrogen-bond acceptors (Lipinski definition) is 5. The number of esters is 2. The zero-order valence-corrected chi connectivity index (χ0v) is 14.5. The predicted molar refractivity (Wildman–Crippen MR) is 96.2 cm³/mol. The fraction of sp³-hybridized carbons (Fsp3) is 0.238. The molecule has 0 saturated heterocycles. The second kappa shape index (κ2) is 7.44. The smallest absolute Gasteiger partial charge is 0.375 e. The molecule has 1 atom stereocenters. The average molecular weight is 352 g/mol. The minimum absolute atomic E-state index is 0.0798. The monoisotopic (exact) mass is 352 g/mol. The Morgan fingerprint density at radius 2 is 1.69 bits per heavy atom. The molecule has 2 aromatic carbocycles. The standard InChI is InChI=1S/C21H20O5/c1-2-13-25-20(24)21(14-15-9-5-3-6-10-15)17(18(22)19(23)26-21)16-11-7-4-8-12-16/h3-12,22H,2,13-14H2,1H3. The highest BCUT2D eigenvalue weighted by Crippen LogP contribution is 2.42. The van der Waals surface area contributed by atoms with Crippen LogP contribution in [0.2, 0.25) is 0 Å². The molecule has 1 aliphatic heterocycles. The lowest BCUT2D eigenvalue weighted by Gasteiger charge is -2.28. The van der Waals surface area contributed by atoms with Gasteiger partial charge in [0, 0.05) is 6.42 Å². The number of rotatable bonds is 6. The molecule has 2 aromatic rings. The van der Waals surface area contributed by atoms with E-state index in [9.17, 15) is 14.7 Å². The van der Waals surface area contributed by atoms with E-state index in [-0.39, 0.29) is 18.6 Å². The lowest BCUT2D eigenvalue weighted by Crippen LogP contribution is -2.44. The summed E-state index contributed by atoms with van der Waals surface area (Å²) in [6, 6.07) is 18.0. The first-order valence-corrected chi connectivity index (χ1v) is 8.52. The highest BCUT2D eigenvalue weighted by molar-refractivity contribution is 6.11. The number of aliphatic hydroxyl groups is 1. The maximum atomic E-state index is 13.0. The van der Waals surface area contributed by atoms with Gasteiger partial charge in [-0.2, -0.15) is 0 Å². The SMILES string of the molecule is CCCOC(=O)C1(Cc2ccccc2)OC(=O)C(O)=C1c1ccccc1. The highest BCUT2D eigenvalue weighted by atomic mass is 16.6. The van der Waals surface area contributed by atoms with Gasteiger partial charge in [0.15, 0.2) is 0 Å². The fourth-order valence-electron chi connectivity index (χ4n) is 3.06. The molecule has 0 fully saturated rings. The van der Waals surface area contributed by atoms with E-state index < -0.39 is 23.3 Å². The summed E-state index contributed by atoms with van der Waals surface area (Å²) < 4.78 is 10.8. The summed E-state index contributed by atoms with van der Waals surface area (Å²) in [7, 11) is 0. The Balaban J connectivity index is 2.12. The number of ether oxygens (including phenoxy) is 2. The normalized spacial score (nSPS) is 19.3. The Hall–Kier alpha value is -3.08. The number of carbonyl (C=O) groups excluding carboxylic acids is 2. The molecule has 0 bridgehead atoms. The summed E-state index contributed by atoms with van der Waals surface area (Å²) in [5, 5.41) is 10.4. The summed E-state index contributed by atoms with van der Waals surface area (Å²) in [6.07, 6.45) is 0.716. The molecule has 0 aromatic heterocycles. The van der Waals surface area contributed by atoms with E-state index >= 15 is 0 Å². The Morgan fingerprint density at radius 1 is 1.08 bits per heavy atom. The first-order chi connectivity index (χ1) is 12.6. The van der Waals surface area contributed by atoms with Crippen LogP contribution in [0, 0.1) is 0 Å². The molecule has 0 amide bonds. The van der Waals surface area contributed by atoms with Crippen LogP contribution < -0.4 is 0 Å². The summed E-state index contributed by atoms with van der Waals surface area (Å²) >= 11 is 0. The van der Waals surface area contributed by atoms with Gasteiger partial charge in [-0.25, -0.2) is 9.59 Å². The van der Waals surface area contributed by atoms with Crippen LogP contribution >= 0.6 is 0 Å². The van der Waals surface area contributed by atoms with Crippen LogP contribution in [-0.4, -0.2) is 29.3 Å². The van der Waals surface area contributed by atoms with E-state index in [1.807, 2.05) is 43.3 Å². The first kappa shape index (κ1) is 17.7. The largest absolute Gasteiger partial charge is 0.502 e. The van der Waals surface area contributed by atoms with E-state index in [2.05, 4.69) is 0 Å². The second-order valence-corrected chi connectivity index (χ2v) is 6.10. The van der Waals surface area contributed by atoms with Gasteiger partial charge in [-0.3, -0.25) is 0 Å². The van der Waals surface area contributed by atoms with Gasteiger partial charge in [-0.15, -0.1) is 0 Å². The van der Waals surface area contributed by atoms with Crippen LogP contribution in [0.15, 0.2) is 66.4 Å². The highest BCUT2D eigenvalue weighted by Gasteiger charge is 2.55. The number of cyclic esters (lactones) is 1. The molecule has 0 saturated carbocycles. The van der Waals surface area contributed by atoms with Crippen molar-refractivity contribution in [3.8, 4) is 0 Å². The van der Waals surface area contributed by atoms with Crippen LogP contribution in [0.5, 0.6) is 0 Å². The molecule has 26 heavy (non-hydrogen) atoms. The third-order valence-corrected chi connectivity index (χ3v) is 4.23. The molecule has 1 unspecified atom stereocenters. The number of aliphatic hydroxyl groups excluding tert-OH is 1. The van der Waals surface area contributed by atoms with Gasteiger partial charge in [0.05, 0.1) is 12.2 Å². The molecular weight excluding hydrogens is 332 g/mol. The average Bonchev–Trinajstić information content (AvgIpc) is 2.92. The summed E-state index contributed by atoms with van der Waals surface area (Å²) in [5.74, 6) is -2.16. The lowest BCUT2D eigenvalue weighted by atomic mass is 9.83. The first-order valence-electron chi connectivity index (χ1n) is 8.52. The molecule has 3 rings (SSSR count).